The summed E-state index contributed by atoms with van der Waals surface area (Å²) in [6.45, 7) is 0. The van der Waals surface area contributed by atoms with Gasteiger partial charge in [-0.15, -0.1) is 0 Å². The van der Waals surface area contributed by atoms with Gasteiger partial charge in [0.2, 0.25) is 5.79 Å². The van der Waals surface area contributed by atoms with Crippen LogP contribution in [-0.2, 0) is 16.9 Å². The molecule has 2 bridgehead atoms. The molecular formula is C26H20O6S. The molecule has 2 aliphatic heterocycles. The van der Waals surface area contributed by atoms with Gasteiger partial charge in [0.05, 0.1) is 14.2 Å². The van der Waals surface area contributed by atoms with E-state index in [1.165, 1.54) is 0 Å². The Morgan fingerprint density at radius 1 is 1.03 bits per heavy atom. The zero-order valence-corrected chi connectivity index (χ0v) is 18.8. The summed E-state index contributed by atoms with van der Waals surface area (Å²) in [5, 5.41) is 4.00. The molecule has 2 aromatic carbocycles. The molecule has 0 aliphatic carbocycles. The highest BCUT2D eigenvalue weighted by Gasteiger charge is 2.51. The second-order valence-corrected chi connectivity index (χ2v) is 8.77. The Labute approximate surface area is 193 Å². The van der Waals surface area contributed by atoms with Gasteiger partial charge in [-0.1, -0.05) is 30.3 Å². The van der Waals surface area contributed by atoms with Gasteiger partial charge in [0.15, 0.2) is 11.5 Å². The molecule has 0 saturated carbocycles. The first-order valence-corrected chi connectivity index (χ1v) is 11.4. The fraction of sp³-hybridized carbons (Fsp3) is 0.192. The summed E-state index contributed by atoms with van der Waals surface area (Å²) in [6.07, 6.45) is -0.214. The fourth-order valence-corrected chi connectivity index (χ4v) is 5.30. The molecule has 0 radical (unpaired) electrons. The maximum Gasteiger partial charge on any atom is 0.346 e. The maximum absolute atomic E-state index is 13.3. The van der Waals surface area contributed by atoms with Crippen LogP contribution in [0.5, 0.6) is 17.2 Å². The van der Waals surface area contributed by atoms with Crippen molar-refractivity contribution in [2.75, 3.05) is 14.2 Å². The van der Waals surface area contributed by atoms with Crippen molar-refractivity contribution in [2.45, 2.75) is 18.3 Å². The molecule has 4 aromatic rings. The predicted octanol–water partition coefficient (Wildman–Crippen LogP) is 5.29. The Morgan fingerprint density at radius 3 is 2.55 bits per heavy atom. The molecular weight excluding hydrogens is 440 g/mol. The highest BCUT2D eigenvalue weighted by Crippen LogP contribution is 2.53. The molecule has 0 N–H and O–H groups in total. The van der Waals surface area contributed by atoms with Crippen molar-refractivity contribution in [3.63, 3.8) is 0 Å². The van der Waals surface area contributed by atoms with Gasteiger partial charge in [-0.3, -0.25) is 0 Å². The van der Waals surface area contributed by atoms with Gasteiger partial charge in [0, 0.05) is 29.0 Å². The maximum atomic E-state index is 13.3. The van der Waals surface area contributed by atoms with Crippen LogP contribution in [0.2, 0.25) is 0 Å². The largest absolute Gasteiger partial charge is 0.493 e. The summed E-state index contributed by atoms with van der Waals surface area (Å²) >= 11 is 1.57. The molecule has 2 aromatic heterocycles. The monoisotopic (exact) mass is 460 g/mol. The highest BCUT2D eigenvalue weighted by atomic mass is 32.1. The summed E-state index contributed by atoms with van der Waals surface area (Å²) in [5.74, 6) is 1.04. The van der Waals surface area contributed by atoms with Crippen LogP contribution in [0.1, 0.15) is 28.4 Å². The molecule has 6 nitrogen and oxygen atoms in total. The molecule has 0 fully saturated rings. The average molecular weight is 461 g/mol. The van der Waals surface area contributed by atoms with Crippen LogP contribution in [0.25, 0.3) is 11.3 Å². The van der Waals surface area contributed by atoms with Crippen LogP contribution < -0.4 is 19.8 Å². The minimum atomic E-state index is -1.06. The van der Waals surface area contributed by atoms with Crippen LogP contribution in [0, 0.1) is 0 Å². The summed E-state index contributed by atoms with van der Waals surface area (Å²) in [6, 6.07) is 17.1. The number of benzene rings is 2. The molecule has 0 unspecified atom stereocenters. The Morgan fingerprint density at radius 2 is 1.82 bits per heavy atom. The van der Waals surface area contributed by atoms with Crippen molar-refractivity contribution in [1.29, 1.82) is 0 Å². The number of hydrogen-bond donors (Lipinski definition) is 0. The van der Waals surface area contributed by atoms with Crippen LogP contribution in [-0.4, -0.2) is 14.2 Å². The van der Waals surface area contributed by atoms with Crippen molar-refractivity contribution in [3.05, 3.63) is 98.0 Å². The van der Waals surface area contributed by atoms with Crippen LogP contribution in [0.15, 0.2) is 74.6 Å². The quantitative estimate of drug-likeness (QED) is 0.412. The van der Waals surface area contributed by atoms with Crippen molar-refractivity contribution >= 4 is 11.3 Å². The molecule has 2 aliphatic rings. The van der Waals surface area contributed by atoms with E-state index in [1.807, 2.05) is 59.3 Å². The minimum Gasteiger partial charge on any atom is -0.493 e. The fourth-order valence-electron chi connectivity index (χ4n) is 4.59. The van der Waals surface area contributed by atoms with Crippen molar-refractivity contribution in [3.8, 4) is 28.6 Å². The van der Waals surface area contributed by atoms with Gasteiger partial charge in [0.25, 0.3) is 0 Å². The number of methoxy groups -OCH3 is 2. The predicted molar refractivity (Wildman–Crippen MR) is 123 cm³/mol. The van der Waals surface area contributed by atoms with Gasteiger partial charge >= 0.3 is 5.63 Å². The molecule has 33 heavy (non-hydrogen) atoms. The Bertz CT molecular complexity index is 1390. The van der Waals surface area contributed by atoms with Gasteiger partial charge in [0.1, 0.15) is 23.2 Å². The number of thiophene rings is 1. The first-order chi connectivity index (χ1) is 16.1. The Balaban J connectivity index is 1.60. The summed E-state index contributed by atoms with van der Waals surface area (Å²) in [7, 11) is 3.19. The smallest absolute Gasteiger partial charge is 0.346 e. The number of hydrogen-bond acceptors (Lipinski definition) is 7. The molecule has 166 valence electrons. The molecule has 0 saturated heterocycles. The van der Waals surface area contributed by atoms with E-state index in [1.54, 1.807) is 31.6 Å². The van der Waals surface area contributed by atoms with Gasteiger partial charge in [-0.05, 0) is 34.7 Å². The average Bonchev–Trinajstić information content (AvgIpc) is 3.39. The SMILES string of the molecule is COc1cc2c(cc1OC)[C@@H]1O[C@](c3ccsc3)(C2)Oc2cc(-c3ccccc3)oc(=O)c21. The highest BCUT2D eigenvalue weighted by molar-refractivity contribution is 7.08. The summed E-state index contributed by atoms with van der Waals surface area (Å²) < 4.78 is 29.8. The molecule has 0 spiro atoms. The lowest BCUT2D eigenvalue weighted by atomic mass is 9.85. The van der Waals surface area contributed by atoms with Crippen molar-refractivity contribution in [2.24, 2.45) is 0 Å². The van der Waals surface area contributed by atoms with E-state index in [9.17, 15) is 4.79 Å². The lowest BCUT2D eigenvalue weighted by molar-refractivity contribution is -0.238. The first-order valence-electron chi connectivity index (χ1n) is 10.5. The first kappa shape index (κ1) is 20.1. The zero-order valence-electron chi connectivity index (χ0n) is 18.0. The lowest BCUT2D eigenvalue weighted by Gasteiger charge is -2.45. The van der Waals surface area contributed by atoms with Crippen molar-refractivity contribution < 1.29 is 23.4 Å². The van der Waals surface area contributed by atoms with Crippen LogP contribution in [0.3, 0.4) is 0 Å². The van der Waals surface area contributed by atoms with E-state index in [0.29, 0.717) is 35.0 Å². The summed E-state index contributed by atoms with van der Waals surface area (Å²) in [4.78, 5) is 13.3. The normalized spacial score (nSPS) is 20.4. The third-order valence-corrected chi connectivity index (χ3v) is 6.85. The lowest BCUT2D eigenvalue weighted by Crippen LogP contribution is -2.47. The topological polar surface area (TPSA) is 67.1 Å². The van der Waals surface area contributed by atoms with Gasteiger partial charge in [-0.2, -0.15) is 11.3 Å². The Kier molecular flexibility index (Phi) is 4.57. The standard InChI is InChI=1S/C26H20O6S/c1-28-20-10-16-13-26(17-8-9-33-14-17)31-22-12-19(15-6-4-3-5-7-15)30-25(27)23(22)24(32-26)18(16)11-21(20)29-2/h3-12,14,24H,13H2,1-2H3/t24-,26-/m0/s1. The van der Waals surface area contributed by atoms with E-state index < -0.39 is 17.5 Å². The van der Waals surface area contributed by atoms with Crippen LogP contribution >= 0.6 is 11.3 Å². The number of ether oxygens (including phenoxy) is 4. The molecule has 0 amide bonds. The van der Waals surface area contributed by atoms with Gasteiger partial charge < -0.3 is 23.4 Å². The third-order valence-electron chi connectivity index (χ3n) is 6.17. The van der Waals surface area contributed by atoms with Gasteiger partial charge in [-0.25, -0.2) is 4.79 Å². The molecule has 6 rings (SSSR count). The molecule has 4 heterocycles. The van der Waals surface area contributed by atoms with Crippen LogP contribution in [0.4, 0.5) is 0 Å². The minimum absolute atomic E-state index is 0.341. The van der Waals surface area contributed by atoms with E-state index in [0.717, 1.165) is 22.3 Å². The second kappa shape index (κ2) is 7.50. The van der Waals surface area contributed by atoms with E-state index in [4.69, 9.17) is 23.4 Å². The van der Waals surface area contributed by atoms with E-state index in [2.05, 4.69) is 0 Å². The number of fused-ring (bicyclic) bond motifs is 6. The Hall–Kier alpha value is -3.55. The number of rotatable bonds is 4. The molecule has 7 heteroatoms. The zero-order chi connectivity index (χ0) is 22.6. The van der Waals surface area contributed by atoms with E-state index >= 15 is 0 Å². The summed E-state index contributed by atoms with van der Waals surface area (Å²) in [5.41, 5.74) is 3.36. The third kappa shape index (κ3) is 3.08. The van der Waals surface area contributed by atoms with Crippen molar-refractivity contribution in [1.82, 2.24) is 0 Å². The molecule has 2 atom stereocenters. The second-order valence-electron chi connectivity index (χ2n) is 7.99. The van der Waals surface area contributed by atoms with E-state index in [-0.39, 0.29) is 0 Å².